The molecule has 1 saturated heterocycles. The number of piperazine rings is 1. The molecule has 10 heteroatoms. The topological polar surface area (TPSA) is 93.4 Å². The van der Waals surface area contributed by atoms with Gasteiger partial charge in [-0.1, -0.05) is 17.7 Å². The summed E-state index contributed by atoms with van der Waals surface area (Å²) in [5.74, 6) is -0.186. The van der Waals surface area contributed by atoms with Crippen LogP contribution in [0.3, 0.4) is 0 Å². The van der Waals surface area contributed by atoms with Crippen LogP contribution < -0.4 is 16.2 Å². The van der Waals surface area contributed by atoms with E-state index in [9.17, 15) is 14.0 Å². The summed E-state index contributed by atoms with van der Waals surface area (Å²) in [5, 5.41) is 7.08. The number of amides is 1. The number of hydrogen-bond donors (Lipinski definition) is 3. The lowest BCUT2D eigenvalue weighted by Gasteiger charge is -2.35. The summed E-state index contributed by atoms with van der Waals surface area (Å²) < 4.78 is 14.8. The monoisotopic (exact) mass is 498 g/mol. The zero-order valence-electron chi connectivity index (χ0n) is 19.5. The fourth-order valence-corrected chi connectivity index (χ4v) is 5.11. The Bertz CT molecular complexity index is 1320. The van der Waals surface area contributed by atoms with Crippen LogP contribution in [0.2, 0.25) is 5.02 Å². The molecule has 1 atom stereocenters. The summed E-state index contributed by atoms with van der Waals surface area (Å²) in [7, 11) is 0. The molecule has 1 amide bonds. The van der Waals surface area contributed by atoms with Gasteiger partial charge < -0.3 is 20.5 Å². The smallest absolute Gasteiger partial charge is 0.258 e. The number of fused-ring (bicyclic) bond motifs is 2. The van der Waals surface area contributed by atoms with E-state index in [2.05, 4.69) is 25.5 Å². The van der Waals surface area contributed by atoms with Crippen LogP contribution in [0.25, 0.3) is 10.9 Å². The van der Waals surface area contributed by atoms with Crippen molar-refractivity contribution in [3.8, 4) is 0 Å². The summed E-state index contributed by atoms with van der Waals surface area (Å²) in [6.07, 6.45) is 0.721. The Labute approximate surface area is 207 Å². The third kappa shape index (κ3) is 5.03. The van der Waals surface area contributed by atoms with Crippen molar-refractivity contribution >= 4 is 34.1 Å². The molecule has 5 rings (SSSR count). The molecule has 8 nitrogen and oxygen atoms in total. The van der Waals surface area contributed by atoms with Crippen molar-refractivity contribution in [1.82, 2.24) is 25.1 Å². The van der Waals surface area contributed by atoms with Crippen molar-refractivity contribution in [3.63, 3.8) is 0 Å². The zero-order valence-corrected chi connectivity index (χ0v) is 20.3. The van der Waals surface area contributed by atoms with Crippen molar-refractivity contribution in [3.05, 3.63) is 68.5 Å². The third-order valence-electron chi connectivity index (χ3n) is 6.82. The molecule has 0 unspecified atom stereocenters. The molecule has 184 valence electrons. The average molecular weight is 499 g/mol. The van der Waals surface area contributed by atoms with Gasteiger partial charge in [0, 0.05) is 37.7 Å². The van der Waals surface area contributed by atoms with Crippen molar-refractivity contribution < 1.29 is 9.18 Å². The van der Waals surface area contributed by atoms with Crippen LogP contribution in [0.5, 0.6) is 0 Å². The zero-order chi connectivity index (χ0) is 24.5. The number of H-pyrrole nitrogens is 1. The van der Waals surface area contributed by atoms with Crippen LogP contribution in [0.15, 0.2) is 35.1 Å². The molecule has 35 heavy (non-hydrogen) atoms. The van der Waals surface area contributed by atoms with Gasteiger partial charge in [-0.2, -0.15) is 0 Å². The molecule has 2 aliphatic rings. The molecule has 0 bridgehead atoms. The Hall–Kier alpha value is -3.01. The van der Waals surface area contributed by atoms with Crippen LogP contribution in [-0.4, -0.2) is 64.9 Å². The highest BCUT2D eigenvalue weighted by Gasteiger charge is 2.27. The maximum Gasteiger partial charge on any atom is 0.258 e. The minimum Gasteiger partial charge on any atom is -0.374 e. The fourth-order valence-electron chi connectivity index (χ4n) is 4.91. The molecule has 2 aliphatic heterocycles. The molecule has 1 fully saturated rings. The molecule has 3 aromatic rings. The van der Waals surface area contributed by atoms with E-state index in [1.165, 1.54) is 12.1 Å². The van der Waals surface area contributed by atoms with Crippen LogP contribution in [0, 0.1) is 5.82 Å². The highest BCUT2D eigenvalue weighted by atomic mass is 35.5. The molecule has 2 aromatic carbocycles. The lowest BCUT2D eigenvalue weighted by atomic mass is 9.93. The minimum absolute atomic E-state index is 0.0630. The first-order valence-electron chi connectivity index (χ1n) is 11.9. The van der Waals surface area contributed by atoms with Crippen LogP contribution in [0.4, 0.5) is 10.1 Å². The number of carbonyl (C=O) groups excluding carboxylic acids is 1. The van der Waals surface area contributed by atoms with E-state index in [1.807, 2.05) is 25.1 Å². The molecule has 0 radical (unpaired) electrons. The molecule has 3 heterocycles. The fraction of sp³-hybridized carbons (Fsp3) is 0.400. The lowest BCUT2D eigenvalue weighted by molar-refractivity contribution is -0.131. The van der Waals surface area contributed by atoms with Gasteiger partial charge in [-0.25, -0.2) is 9.37 Å². The summed E-state index contributed by atoms with van der Waals surface area (Å²) in [6, 6.07) is 8.32. The van der Waals surface area contributed by atoms with E-state index in [0.717, 1.165) is 43.7 Å². The normalized spacial score (nSPS) is 18.5. The molecule has 0 saturated carbocycles. The van der Waals surface area contributed by atoms with Crippen molar-refractivity contribution in [2.75, 3.05) is 44.6 Å². The highest BCUT2D eigenvalue weighted by molar-refractivity contribution is 6.30. The second kappa shape index (κ2) is 9.93. The van der Waals surface area contributed by atoms with Gasteiger partial charge in [-0.15, -0.1) is 0 Å². The molecule has 0 aliphatic carbocycles. The van der Waals surface area contributed by atoms with E-state index in [1.54, 1.807) is 4.90 Å². The van der Waals surface area contributed by atoms with Gasteiger partial charge >= 0.3 is 0 Å². The van der Waals surface area contributed by atoms with Crippen LogP contribution >= 0.6 is 11.6 Å². The van der Waals surface area contributed by atoms with E-state index < -0.39 is 5.82 Å². The number of hydrogen-bond acceptors (Lipinski definition) is 6. The minimum atomic E-state index is -0.598. The van der Waals surface area contributed by atoms with Gasteiger partial charge in [0.1, 0.15) is 11.6 Å². The quantitative estimate of drug-likeness (QED) is 0.501. The van der Waals surface area contributed by atoms with E-state index >= 15 is 0 Å². The van der Waals surface area contributed by atoms with Gasteiger partial charge in [0.2, 0.25) is 5.91 Å². The van der Waals surface area contributed by atoms with Gasteiger partial charge in [0.15, 0.2) is 0 Å². The lowest BCUT2D eigenvalue weighted by Crippen LogP contribution is -2.43. The largest absolute Gasteiger partial charge is 0.374 e. The van der Waals surface area contributed by atoms with Gasteiger partial charge in [0.05, 0.1) is 35.7 Å². The summed E-state index contributed by atoms with van der Waals surface area (Å²) in [4.78, 5) is 36.9. The third-order valence-corrected chi connectivity index (χ3v) is 7.06. The first-order chi connectivity index (χ1) is 16.9. The van der Waals surface area contributed by atoms with E-state index in [-0.39, 0.29) is 35.1 Å². The Morgan fingerprint density at radius 1 is 1.23 bits per heavy atom. The van der Waals surface area contributed by atoms with Crippen molar-refractivity contribution in [2.24, 2.45) is 0 Å². The van der Waals surface area contributed by atoms with Gasteiger partial charge in [0.25, 0.3) is 5.56 Å². The number of aromatic amines is 1. The number of nitrogens with one attached hydrogen (secondary N) is 3. The molecular formula is C25H28ClFN6O2. The predicted molar refractivity (Wildman–Crippen MR) is 134 cm³/mol. The summed E-state index contributed by atoms with van der Waals surface area (Å²) in [5.41, 5.74) is 2.39. The van der Waals surface area contributed by atoms with E-state index in [4.69, 9.17) is 11.6 Å². The van der Waals surface area contributed by atoms with Gasteiger partial charge in [-0.3, -0.25) is 14.5 Å². The highest BCUT2D eigenvalue weighted by Crippen LogP contribution is 2.31. The number of nitrogens with zero attached hydrogens (tertiary/aromatic N) is 3. The first kappa shape index (κ1) is 23.7. The van der Waals surface area contributed by atoms with Crippen LogP contribution in [0.1, 0.15) is 29.9 Å². The Balaban J connectivity index is 1.31. The number of rotatable bonds is 5. The second-order valence-electron chi connectivity index (χ2n) is 9.10. The summed E-state index contributed by atoms with van der Waals surface area (Å²) in [6.45, 7) is 6.52. The van der Waals surface area contributed by atoms with Crippen molar-refractivity contribution in [1.29, 1.82) is 0 Å². The Morgan fingerprint density at radius 2 is 2.03 bits per heavy atom. The number of halogens is 2. The Morgan fingerprint density at radius 3 is 2.83 bits per heavy atom. The molecule has 0 spiro atoms. The number of anilines is 1. The number of carbonyl (C=O) groups is 1. The van der Waals surface area contributed by atoms with Crippen LogP contribution in [-0.2, 0) is 17.8 Å². The Kier molecular flexibility index (Phi) is 6.73. The maximum absolute atomic E-state index is 14.8. The first-order valence-corrected chi connectivity index (χ1v) is 12.2. The molecular weight excluding hydrogens is 471 g/mol. The van der Waals surface area contributed by atoms with Gasteiger partial charge in [-0.05, 0) is 48.7 Å². The number of benzene rings is 2. The average Bonchev–Trinajstić information content (AvgIpc) is 2.84. The van der Waals surface area contributed by atoms with Crippen molar-refractivity contribution in [2.45, 2.75) is 25.9 Å². The maximum atomic E-state index is 14.8. The van der Waals surface area contributed by atoms with E-state index in [0.29, 0.717) is 29.5 Å². The second-order valence-corrected chi connectivity index (χ2v) is 9.53. The standard InChI is InChI=1S/C25H28ClFN6O2/c1-15-18-3-2-17(26)10-16(18)4-7-33(15)24(34)13-29-22-12-21-19(11-20(22)27)25(35)31-23(30-21)14-32-8-5-28-6-9-32/h2-3,10-12,15,28-29H,4-9,13-14H2,1H3,(H,30,31,35)/t15-/m0/s1. The molecule has 3 N–H and O–H groups in total. The number of aromatic nitrogens is 2. The summed E-state index contributed by atoms with van der Waals surface area (Å²) >= 11 is 6.11. The SMILES string of the molecule is C[C@H]1c2ccc(Cl)cc2CCN1C(=O)CNc1cc2nc(CN3CCNCC3)[nH]c(=O)c2cc1F. The molecule has 1 aromatic heterocycles. The predicted octanol–water partition coefficient (Wildman–Crippen LogP) is 2.68.